The molecule has 2 N–H and O–H groups in total. The van der Waals surface area contributed by atoms with Gasteiger partial charge in [-0.2, -0.15) is 0 Å². The molecule has 0 amide bonds. The molecule has 5 nitrogen and oxygen atoms in total. The Morgan fingerprint density at radius 2 is 2.22 bits per heavy atom. The first-order chi connectivity index (χ1) is 13.1. The van der Waals surface area contributed by atoms with E-state index in [2.05, 4.69) is 26.0 Å². The van der Waals surface area contributed by atoms with Crippen LogP contribution in [-0.2, 0) is 4.74 Å². The Morgan fingerprint density at radius 3 is 3.04 bits per heavy atom. The number of hydrogen-bond donors (Lipinski definition) is 2. The Bertz CT molecular complexity index is 860. The second kappa shape index (κ2) is 7.61. The summed E-state index contributed by atoms with van der Waals surface area (Å²) in [6, 6.07) is 1.54. The zero-order valence-corrected chi connectivity index (χ0v) is 16.1. The van der Waals surface area contributed by atoms with E-state index in [1.165, 1.54) is 18.0 Å². The van der Waals surface area contributed by atoms with E-state index in [1.807, 2.05) is 6.92 Å². The summed E-state index contributed by atoms with van der Waals surface area (Å²) >= 11 is 1.47. The highest BCUT2D eigenvalue weighted by Crippen LogP contribution is 2.50. The van der Waals surface area contributed by atoms with E-state index in [9.17, 15) is 8.78 Å². The normalized spacial score (nSPS) is 19.6. The third kappa shape index (κ3) is 3.49. The summed E-state index contributed by atoms with van der Waals surface area (Å²) in [5.74, 6) is -1.84. The highest BCUT2D eigenvalue weighted by atomic mass is 32.2. The van der Waals surface area contributed by atoms with Gasteiger partial charge in [0, 0.05) is 55.4 Å². The number of nitrogens with one attached hydrogen (secondary N) is 2. The number of piperazine rings is 1. The van der Waals surface area contributed by atoms with Gasteiger partial charge >= 0.3 is 0 Å². The number of aromatic nitrogens is 1. The van der Waals surface area contributed by atoms with Crippen LogP contribution in [0.5, 0.6) is 0 Å². The first kappa shape index (κ1) is 18.5. The van der Waals surface area contributed by atoms with Gasteiger partial charge in [-0.3, -0.25) is 4.98 Å². The van der Waals surface area contributed by atoms with Gasteiger partial charge in [0.1, 0.15) is 0 Å². The fraction of sp³-hybridized carbons (Fsp3) is 0.421. The number of allylic oxidation sites excluding steroid dienone is 1. The largest absolute Gasteiger partial charge is 0.385 e. The van der Waals surface area contributed by atoms with E-state index >= 15 is 0 Å². The molecule has 0 aromatic heterocycles. The van der Waals surface area contributed by atoms with Crippen LogP contribution in [0.1, 0.15) is 18.9 Å². The zero-order chi connectivity index (χ0) is 19.0. The SMILES string of the molecule is COCCC1CN(c2c3ncc(F)c(F)cc-3c3c2C=C(C)SN3)CCN1. The molecule has 4 aliphatic rings. The summed E-state index contributed by atoms with van der Waals surface area (Å²) in [5, 5.41) is 3.51. The van der Waals surface area contributed by atoms with Gasteiger partial charge < -0.3 is 19.7 Å². The molecule has 1 aliphatic carbocycles. The molecule has 3 aliphatic heterocycles. The quantitative estimate of drug-likeness (QED) is 0.774. The van der Waals surface area contributed by atoms with E-state index < -0.39 is 11.6 Å². The number of rotatable bonds is 4. The lowest BCUT2D eigenvalue weighted by atomic mass is 10.1. The minimum Gasteiger partial charge on any atom is -0.385 e. The van der Waals surface area contributed by atoms with Crippen molar-refractivity contribution < 1.29 is 13.5 Å². The van der Waals surface area contributed by atoms with Crippen molar-refractivity contribution in [2.75, 3.05) is 43.0 Å². The lowest BCUT2D eigenvalue weighted by Crippen LogP contribution is -2.51. The Morgan fingerprint density at radius 1 is 1.37 bits per heavy atom. The number of halogens is 2. The molecule has 1 atom stereocenters. The first-order valence-corrected chi connectivity index (χ1v) is 9.79. The van der Waals surface area contributed by atoms with Crippen molar-refractivity contribution in [2.45, 2.75) is 19.4 Å². The van der Waals surface area contributed by atoms with Crippen LogP contribution in [0.3, 0.4) is 0 Å². The maximum absolute atomic E-state index is 14.1. The third-order valence-electron chi connectivity index (χ3n) is 4.98. The molecular weight excluding hydrogens is 370 g/mol. The number of hydrogen-bond acceptors (Lipinski definition) is 6. The summed E-state index contributed by atoms with van der Waals surface area (Å²) in [7, 11) is 1.70. The molecule has 0 radical (unpaired) electrons. The van der Waals surface area contributed by atoms with Crippen molar-refractivity contribution in [1.29, 1.82) is 0 Å². The Hall–Kier alpha value is -1.90. The van der Waals surface area contributed by atoms with Gasteiger partial charge in [-0.1, -0.05) is 0 Å². The summed E-state index contributed by atoms with van der Waals surface area (Å²) < 4.78 is 36.4. The molecule has 0 aromatic rings. The second-order valence-electron chi connectivity index (χ2n) is 6.84. The molecular formula is C19H22F2N4OS. The molecule has 0 saturated carbocycles. The second-order valence-corrected chi connectivity index (χ2v) is 7.89. The minimum absolute atomic E-state index is 0.293. The summed E-state index contributed by atoms with van der Waals surface area (Å²) in [5.41, 5.74) is 3.95. The number of ether oxygens (including phenoxy) is 1. The molecule has 0 aromatic carbocycles. The van der Waals surface area contributed by atoms with Gasteiger partial charge in [-0.25, -0.2) is 8.78 Å². The van der Waals surface area contributed by atoms with E-state index in [4.69, 9.17) is 4.74 Å². The van der Waals surface area contributed by atoms with Gasteiger partial charge in [-0.05, 0) is 37.4 Å². The monoisotopic (exact) mass is 392 g/mol. The average molecular weight is 392 g/mol. The van der Waals surface area contributed by atoms with Crippen LogP contribution in [0, 0.1) is 11.6 Å². The van der Waals surface area contributed by atoms with Crippen molar-refractivity contribution in [3.63, 3.8) is 0 Å². The van der Waals surface area contributed by atoms with Gasteiger partial charge in [-0.15, -0.1) is 0 Å². The predicted molar refractivity (Wildman–Crippen MR) is 106 cm³/mol. The maximum Gasteiger partial charge on any atom is 0.177 e. The highest BCUT2D eigenvalue weighted by Gasteiger charge is 2.31. The molecule has 1 unspecified atom stereocenters. The number of anilines is 2. The van der Waals surface area contributed by atoms with Crippen molar-refractivity contribution in [1.82, 2.24) is 10.3 Å². The summed E-state index contributed by atoms with van der Waals surface area (Å²) in [4.78, 5) is 7.69. The molecule has 1 fully saturated rings. The number of nitrogens with zero attached hydrogens (tertiary/aromatic N) is 2. The topological polar surface area (TPSA) is 49.4 Å². The minimum atomic E-state index is -0.945. The van der Waals surface area contributed by atoms with E-state index in [1.54, 1.807) is 7.11 Å². The fourth-order valence-corrected chi connectivity index (χ4v) is 4.36. The Balaban J connectivity index is 1.81. The Kier molecular flexibility index (Phi) is 5.21. The van der Waals surface area contributed by atoms with E-state index in [0.29, 0.717) is 23.9 Å². The fourth-order valence-electron chi connectivity index (χ4n) is 3.70. The lowest BCUT2D eigenvalue weighted by Gasteiger charge is -2.36. The zero-order valence-electron chi connectivity index (χ0n) is 15.3. The molecule has 8 heteroatoms. The van der Waals surface area contributed by atoms with E-state index in [-0.39, 0.29) is 0 Å². The smallest absolute Gasteiger partial charge is 0.177 e. The molecule has 3 heterocycles. The first-order valence-electron chi connectivity index (χ1n) is 8.97. The van der Waals surface area contributed by atoms with E-state index in [0.717, 1.165) is 54.1 Å². The molecule has 4 rings (SSSR count). The van der Waals surface area contributed by atoms with Crippen LogP contribution < -0.4 is 14.9 Å². The molecule has 0 spiro atoms. The van der Waals surface area contributed by atoms with Crippen molar-refractivity contribution in [3.05, 3.63) is 34.4 Å². The number of methoxy groups -OCH3 is 1. The van der Waals surface area contributed by atoms with Gasteiger partial charge in [0.2, 0.25) is 0 Å². The van der Waals surface area contributed by atoms with Crippen molar-refractivity contribution in [3.8, 4) is 11.3 Å². The molecule has 1 saturated heterocycles. The van der Waals surface area contributed by atoms with Gasteiger partial charge in [0.25, 0.3) is 0 Å². The van der Waals surface area contributed by atoms with Crippen molar-refractivity contribution >= 4 is 29.4 Å². The predicted octanol–water partition coefficient (Wildman–Crippen LogP) is 3.71. The number of fused-ring (bicyclic) bond motifs is 3. The summed E-state index contributed by atoms with van der Waals surface area (Å²) in [6.07, 6.45) is 3.97. The summed E-state index contributed by atoms with van der Waals surface area (Å²) in [6.45, 7) is 5.14. The van der Waals surface area contributed by atoms with Crippen LogP contribution in [0.4, 0.5) is 20.2 Å². The standard InChI is InChI=1S/C19H22F2N4OS/c1-11-7-14-17(24-27-11)13-8-15(20)16(21)9-23-18(13)19(14)25-5-4-22-12(10-25)3-6-26-2/h7-9,12,22,24H,3-6,10H2,1-2H3. The molecule has 144 valence electrons. The van der Waals surface area contributed by atoms with Crippen LogP contribution in [0.25, 0.3) is 17.3 Å². The van der Waals surface area contributed by atoms with Crippen LogP contribution >= 0.6 is 11.9 Å². The van der Waals surface area contributed by atoms with Crippen LogP contribution in [-0.4, -0.2) is 44.4 Å². The van der Waals surface area contributed by atoms with Crippen LogP contribution in [0.15, 0.2) is 17.2 Å². The van der Waals surface area contributed by atoms with Gasteiger partial charge in [0.05, 0.1) is 23.3 Å². The lowest BCUT2D eigenvalue weighted by molar-refractivity contribution is 0.181. The maximum atomic E-state index is 14.1. The highest BCUT2D eigenvalue weighted by molar-refractivity contribution is 8.04. The average Bonchev–Trinajstić information content (AvgIpc) is 2.88. The van der Waals surface area contributed by atoms with Crippen LogP contribution in [0.2, 0.25) is 0 Å². The molecule has 0 bridgehead atoms. The molecule has 27 heavy (non-hydrogen) atoms. The van der Waals surface area contributed by atoms with Gasteiger partial charge in [0.15, 0.2) is 11.6 Å². The Labute approximate surface area is 161 Å². The third-order valence-corrected chi connectivity index (χ3v) is 5.73. The van der Waals surface area contributed by atoms with Crippen molar-refractivity contribution in [2.24, 2.45) is 0 Å².